The van der Waals surface area contributed by atoms with Crippen molar-refractivity contribution in [1.29, 1.82) is 0 Å². The number of amides is 1. The van der Waals surface area contributed by atoms with Gasteiger partial charge in [-0.2, -0.15) is 0 Å². The Hall–Kier alpha value is -2.67. The molecule has 1 aliphatic carbocycles. The molecule has 3 atom stereocenters. The van der Waals surface area contributed by atoms with E-state index in [-0.39, 0.29) is 29.5 Å². The SMILES string of the molecule is COc1ccc(C2C3=C(OC4CCCCC4C3=O)C(=O)N2c2nccs2)cc1. The molecule has 3 heterocycles. The lowest BCUT2D eigenvalue weighted by atomic mass is 9.77. The van der Waals surface area contributed by atoms with Crippen LogP contribution in [0, 0.1) is 5.92 Å². The lowest BCUT2D eigenvalue weighted by Gasteiger charge is -2.35. The smallest absolute Gasteiger partial charge is 0.296 e. The maximum Gasteiger partial charge on any atom is 0.296 e. The van der Waals surface area contributed by atoms with Gasteiger partial charge in [0.05, 0.1) is 24.6 Å². The van der Waals surface area contributed by atoms with E-state index in [4.69, 9.17) is 9.47 Å². The number of ether oxygens (including phenoxy) is 2. The van der Waals surface area contributed by atoms with E-state index in [1.807, 2.05) is 29.6 Å². The van der Waals surface area contributed by atoms with Gasteiger partial charge in [-0.3, -0.25) is 14.5 Å². The van der Waals surface area contributed by atoms with Gasteiger partial charge < -0.3 is 9.47 Å². The molecule has 0 radical (unpaired) electrons. The average Bonchev–Trinajstić information content (AvgIpc) is 3.35. The van der Waals surface area contributed by atoms with Gasteiger partial charge in [0.2, 0.25) is 0 Å². The van der Waals surface area contributed by atoms with Crippen molar-refractivity contribution in [3.05, 3.63) is 52.7 Å². The number of hydrogen-bond acceptors (Lipinski definition) is 6. The molecule has 1 amide bonds. The first-order valence-corrected chi connectivity index (χ1v) is 10.4. The summed E-state index contributed by atoms with van der Waals surface area (Å²) in [5, 5.41) is 2.40. The van der Waals surface area contributed by atoms with Gasteiger partial charge in [0, 0.05) is 11.6 Å². The first-order valence-electron chi connectivity index (χ1n) is 9.51. The molecule has 28 heavy (non-hydrogen) atoms. The molecular weight excluding hydrogens is 376 g/mol. The number of hydrogen-bond donors (Lipinski definition) is 0. The average molecular weight is 396 g/mol. The van der Waals surface area contributed by atoms with E-state index in [0.29, 0.717) is 10.7 Å². The number of aromatic nitrogens is 1. The molecule has 0 saturated heterocycles. The van der Waals surface area contributed by atoms with E-state index in [0.717, 1.165) is 37.0 Å². The second-order valence-electron chi connectivity index (χ2n) is 7.32. The van der Waals surface area contributed by atoms with Gasteiger partial charge >= 0.3 is 0 Å². The predicted molar refractivity (Wildman–Crippen MR) is 104 cm³/mol. The van der Waals surface area contributed by atoms with Gasteiger partial charge in [-0.1, -0.05) is 18.6 Å². The standard InChI is InChI=1S/C21H20N2O4S/c1-26-13-8-6-12(7-9-13)17-16-18(24)14-4-2-3-5-15(14)27-19(16)20(25)23(17)21-22-10-11-28-21/h6-11,14-15,17H,2-5H2,1H3. The number of carbonyl (C=O) groups is 2. The Labute approximate surface area is 166 Å². The molecule has 2 aromatic rings. The summed E-state index contributed by atoms with van der Waals surface area (Å²) >= 11 is 1.38. The van der Waals surface area contributed by atoms with Crippen LogP contribution >= 0.6 is 11.3 Å². The molecule has 0 bridgehead atoms. The Morgan fingerprint density at radius 3 is 2.68 bits per heavy atom. The molecule has 1 aromatic heterocycles. The third kappa shape index (κ3) is 2.57. The number of ketones is 1. The summed E-state index contributed by atoms with van der Waals surface area (Å²) in [6.45, 7) is 0. The number of nitrogens with zero attached hydrogens (tertiary/aromatic N) is 2. The molecule has 6 nitrogen and oxygen atoms in total. The minimum Gasteiger partial charge on any atom is -0.497 e. The van der Waals surface area contributed by atoms with Crippen molar-refractivity contribution in [3.63, 3.8) is 0 Å². The van der Waals surface area contributed by atoms with Gasteiger partial charge in [0.25, 0.3) is 5.91 Å². The second kappa shape index (κ2) is 6.74. The van der Waals surface area contributed by atoms with Crippen molar-refractivity contribution in [2.75, 3.05) is 12.0 Å². The van der Waals surface area contributed by atoms with Crippen molar-refractivity contribution in [2.45, 2.75) is 37.8 Å². The maximum atomic E-state index is 13.5. The van der Waals surface area contributed by atoms with Crippen LogP contribution in [0.2, 0.25) is 0 Å². The van der Waals surface area contributed by atoms with Gasteiger partial charge in [0.15, 0.2) is 16.7 Å². The number of carbonyl (C=O) groups excluding carboxylic acids is 2. The zero-order chi connectivity index (χ0) is 19.3. The van der Waals surface area contributed by atoms with Crippen LogP contribution in [0.25, 0.3) is 0 Å². The lowest BCUT2D eigenvalue weighted by Crippen LogP contribution is -2.39. The Morgan fingerprint density at radius 1 is 1.18 bits per heavy atom. The molecule has 5 rings (SSSR count). The molecule has 1 fully saturated rings. The highest BCUT2D eigenvalue weighted by Crippen LogP contribution is 2.48. The largest absolute Gasteiger partial charge is 0.497 e. The number of thiazole rings is 1. The van der Waals surface area contributed by atoms with Crippen LogP contribution in [-0.4, -0.2) is 29.9 Å². The van der Waals surface area contributed by atoms with Gasteiger partial charge in [-0.15, -0.1) is 11.3 Å². The quantitative estimate of drug-likeness (QED) is 0.792. The second-order valence-corrected chi connectivity index (χ2v) is 8.19. The van der Waals surface area contributed by atoms with Crippen molar-refractivity contribution >= 4 is 28.2 Å². The van der Waals surface area contributed by atoms with Crippen LogP contribution < -0.4 is 9.64 Å². The van der Waals surface area contributed by atoms with Crippen LogP contribution in [0.4, 0.5) is 5.13 Å². The molecule has 2 aliphatic heterocycles. The Kier molecular flexibility index (Phi) is 4.19. The number of rotatable bonds is 3. The van der Waals surface area contributed by atoms with Crippen LogP contribution in [-0.2, 0) is 14.3 Å². The van der Waals surface area contributed by atoms with Crippen molar-refractivity contribution in [2.24, 2.45) is 5.92 Å². The van der Waals surface area contributed by atoms with E-state index in [1.165, 1.54) is 11.3 Å². The van der Waals surface area contributed by atoms with Crippen LogP contribution in [0.15, 0.2) is 47.2 Å². The maximum absolute atomic E-state index is 13.5. The summed E-state index contributed by atoms with van der Waals surface area (Å²) < 4.78 is 11.4. The molecule has 144 valence electrons. The highest BCUT2D eigenvalue weighted by Gasteiger charge is 2.52. The zero-order valence-electron chi connectivity index (χ0n) is 15.5. The summed E-state index contributed by atoms with van der Waals surface area (Å²) in [5.41, 5.74) is 1.33. The van der Waals surface area contributed by atoms with Crippen LogP contribution in [0.1, 0.15) is 37.3 Å². The molecule has 0 spiro atoms. The minimum absolute atomic E-state index is 0.0548. The van der Waals surface area contributed by atoms with Crippen LogP contribution in [0.5, 0.6) is 5.75 Å². The number of Topliss-reactive ketones (excluding diaryl/α,β-unsaturated/α-hetero) is 1. The topological polar surface area (TPSA) is 68.7 Å². The molecule has 1 saturated carbocycles. The molecule has 1 aromatic carbocycles. The van der Waals surface area contributed by atoms with E-state index < -0.39 is 6.04 Å². The summed E-state index contributed by atoms with van der Waals surface area (Å²) in [7, 11) is 1.61. The summed E-state index contributed by atoms with van der Waals surface area (Å²) in [4.78, 5) is 32.7. The van der Waals surface area contributed by atoms with E-state index in [1.54, 1.807) is 18.2 Å². The van der Waals surface area contributed by atoms with Gasteiger partial charge in [0.1, 0.15) is 11.9 Å². The monoisotopic (exact) mass is 396 g/mol. The third-order valence-electron chi connectivity index (χ3n) is 5.82. The van der Waals surface area contributed by atoms with Crippen molar-refractivity contribution in [1.82, 2.24) is 4.98 Å². The fraction of sp³-hybridized carbons (Fsp3) is 0.381. The Bertz CT molecular complexity index is 951. The van der Waals surface area contributed by atoms with Crippen molar-refractivity contribution < 1.29 is 19.1 Å². The normalized spacial score (nSPS) is 26.8. The number of benzene rings is 1. The first-order chi connectivity index (χ1) is 13.7. The highest BCUT2D eigenvalue weighted by atomic mass is 32.1. The van der Waals surface area contributed by atoms with E-state index >= 15 is 0 Å². The third-order valence-corrected chi connectivity index (χ3v) is 6.59. The first kappa shape index (κ1) is 17.4. The highest BCUT2D eigenvalue weighted by molar-refractivity contribution is 7.13. The zero-order valence-corrected chi connectivity index (χ0v) is 16.3. The Morgan fingerprint density at radius 2 is 1.96 bits per heavy atom. The molecule has 3 aliphatic rings. The summed E-state index contributed by atoms with van der Waals surface area (Å²) in [6.07, 6.45) is 5.18. The van der Waals surface area contributed by atoms with Crippen LogP contribution in [0.3, 0.4) is 0 Å². The summed E-state index contributed by atoms with van der Waals surface area (Å²) in [6, 6.07) is 6.96. The molecule has 7 heteroatoms. The number of anilines is 1. The predicted octanol–water partition coefficient (Wildman–Crippen LogP) is 3.65. The van der Waals surface area contributed by atoms with E-state index in [2.05, 4.69) is 4.98 Å². The number of methoxy groups -OCH3 is 1. The summed E-state index contributed by atoms with van der Waals surface area (Å²) in [5.74, 6) is 0.561. The van der Waals surface area contributed by atoms with Crippen molar-refractivity contribution in [3.8, 4) is 5.75 Å². The molecule has 0 N–H and O–H groups in total. The molecule has 3 unspecified atom stereocenters. The minimum atomic E-state index is -0.519. The fourth-order valence-electron chi connectivity index (χ4n) is 4.48. The van der Waals surface area contributed by atoms with Gasteiger partial charge in [-0.25, -0.2) is 4.98 Å². The fourth-order valence-corrected chi connectivity index (χ4v) is 5.15. The van der Waals surface area contributed by atoms with E-state index in [9.17, 15) is 9.59 Å². The van der Waals surface area contributed by atoms with Gasteiger partial charge in [-0.05, 0) is 37.0 Å². The Balaban J connectivity index is 1.63. The molecular formula is C21H20N2O4S. The number of fused-ring (bicyclic) bond motifs is 1. The lowest BCUT2D eigenvalue weighted by molar-refractivity contribution is -0.131.